The minimum atomic E-state index is 0.526. The number of nitrogens with one attached hydrogen (secondary N) is 2. The molecule has 2 aromatic carbocycles. The summed E-state index contributed by atoms with van der Waals surface area (Å²) in [4.78, 5) is 4.04. The first-order valence-corrected chi connectivity index (χ1v) is 8.68. The quantitative estimate of drug-likeness (QED) is 0.518. The fourth-order valence-electron chi connectivity index (χ4n) is 2.75. The number of aromatic amines is 1. The van der Waals surface area contributed by atoms with Crippen LogP contribution >= 0.6 is 12.2 Å². The molecular formula is C20H17N5S. The summed E-state index contributed by atoms with van der Waals surface area (Å²) < 4.78 is 2.31. The van der Waals surface area contributed by atoms with Crippen molar-refractivity contribution in [1.82, 2.24) is 19.9 Å². The van der Waals surface area contributed by atoms with Gasteiger partial charge in [0.1, 0.15) is 0 Å². The van der Waals surface area contributed by atoms with Gasteiger partial charge in [0, 0.05) is 18.0 Å². The Morgan fingerprint density at radius 2 is 1.54 bits per heavy atom. The monoisotopic (exact) mass is 359 g/mol. The summed E-state index contributed by atoms with van der Waals surface area (Å²) >= 11 is 5.34. The summed E-state index contributed by atoms with van der Waals surface area (Å²) in [5.41, 5.74) is 7.85. The molecular weight excluding hydrogens is 342 g/mol. The number of hydrogen-bond acceptors (Lipinski definition) is 4. The van der Waals surface area contributed by atoms with Crippen molar-refractivity contribution in [2.45, 2.75) is 6.54 Å². The lowest BCUT2D eigenvalue weighted by Gasteiger charge is -2.10. The van der Waals surface area contributed by atoms with Gasteiger partial charge in [0.05, 0.1) is 6.54 Å². The molecule has 4 rings (SSSR count). The van der Waals surface area contributed by atoms with Crippen LogP contribution in [0.3, 0.4) is 0 Å². The molecule has 128 valence electrons. The highest BCUT2D eigenvalue weighted by Crippen LogP contribution is 2.19. The van der Waals surface area contributed by atoms with E-state index in [2.05, 4.69) is 57.0 Å². The number of aromatic nitrogens is 4. The smallest absolute Gasteiger partial charge is 0.214 e. The first-order valence-electron chi connectivity index (χ1n) is 8.27. The van der Waals surface area contributed by atoms with Crippen LogP contribution in [0.2, 0.25) is 0 Å². The van der Waals surface area contributed by atoms with Crippen molar-refractivity contribution in [3.8, 4) is 22.5 Å². The number of H-pyrrole nitrogens is 1. The zero-order valence-electron chi connectivity index (χ0n) is 14.0. The van der Waals surface area contributed by atoms with E-state index in [1.165, 1.54) is 11.1 Å². The maximum Gasteiger partial charge on any atom is 0.214 e. The normalized spacial score (nSPS) is 10.6. The Labute approximate surface area is 156 Å². The Morgan fingerprint density at radius 3 is 2.27 bits per heavy atom. The summed E-state index contributed by atoms with van der Waals surface area (Å²) in [6.45, 7) is 0.640. The molecule has 26 heavy (non-hydrogen) atoms. The summed E-state index contributed by atoms with van der Waals surface area (Å²) in [5, 5.41) is 7.14. The summed E-state index contributed by atoms with van der Waals surface area (Å²) in [6, 6.07) is 22.6. The van der Waals surface area contributed by atoms with Crippen LogP contribution in [-0.4, -0.2) is 19.9 Å². The topological polar surface area (TPSA) is 58.5 Å². The van der Waals surface area contributed by atoms with E-state index in [4.69, 9.17) is 12.2 Å². The highest BCUT2D eigenvalue weighted by Gasteiger charge is 2.08. The standard InChI is InChI=1S/C20H17N5S/c26-20-24-23-19(18-10-12-21-13-11-18)25(20)22-14-15-6-8-17(9-7-15)16-4-2-1-3-5-16/h1-13,22H,14H2,(H,24,26). The van der Waals surface area contributed by atoms with Gasteiger partial charge in [-0.25, -0.2) is 9.77 Å². The van der Waals surface area contributed by atoms with Crippen LogP contribution in [0, 0.1) is 4.77 Å². The van der Waals surface area contributed by atoms with Crippen molar-refractivity contribution in [3.05, 3.63) is 89.5 Å². The third-order valence-electron chi connectivity index (χ3n) is 4.11. The number of benzene rings is 2. The van der Waals surface area contributed by atoms with E-state index in [0.717, 1.165) is 17.0 Å². The number of nitrogens with zero attached hydrogens (tertiary/aromatic N) is 3. The van der Waals surface area contributed by atoms with Gasteiger partial charge in [0.2, 0.25) is 4.77 Å². The van der Waals surface area contributed by atoms with Crippen LogP contribution in [-0.2, 0) is 6.54 Å². The van der Waals surface area contributed by atoms with Crippen molar-refractivity contribution in [2.24, 2.45) is 0 Å². The predicted molar refractivity (Wildman–Crippen MR) is 106 cm³/mol. The van der Waals surface area contributed by atoms with Gasteiger partial charge in [-0.1, -0.05) is 54.6 Å². The molecule has 0 atom stereocenters. The van der Waals surface area contributed by atoms with Crippen LogP contribution in [0.15, 0.2) is 79.1 Å². The second-order valence-electron chi connectivity index (χ2n) is 5.82. The average Bonchev–Trinajstić information content (AvgIpc) is 3.08. The van der Waals surface area contributed by atoms with Gasteiger partial charge < -0.3 is 5.43 Å². The summed E-state index contributed by atoms with van der Waals surface area (Å²) in [6.07, 6.45) is 3.47. The van der Waals surface area contributed by atoms with Gasteiger partial charge in [-0.05, 0) is 41.0 Å². The van der Waals surface area contributed by atoms with Gasteiger partial charge in [0.15, 0.2) is 5.82 Å². The van der Waals surface area contributed by atoms with E-state index in [1.54, 1.807) is 17.1 Å². The van der Waals surface area contributed by atoms with E-state index in [-0.39, 0.29) is 0 Å². The van der Waals surface area contributed by atoms with Crippen LogP contribution in [0.5, 0.6) is 0 Å². The number of pyridine rings is 1. The maximum absolute atomic E-state index is 5.34. The molecule has 4 aromatic rings. The molecule has 6 heteroatoms. The van der Waals surface area contributed by atoms with Crippen LogP contribution in [0.25, 0.3) is 22.5 Å². The third-order valence-corrected chi connectivity index (χ3v) is 4.39. The molecule has 2 heterocycles. The number of rotatable bonds is 5. The Bertz CT molecular complexity index is 1040. The second-order valence-corrected chi connectivity index (χ2v) is 6.21. The van der Waals surface area contributed by atoms with E-state index >= 15 is 0 Å². The first-order chi connectivity index (χ1) is 12.8. The Morgan fingerprint density at radius 1 is 0.846 bits per heavy atom. The molecule has 0 radical (unpaired) electrons. The molecule has 0 amide bonds. The van der Waals surface area contributed by atoms with E-state index in [1.807, 2.05) is 30.3 Å². The van der Waals surface area contributed by atoms with E-state index < -0.39 is 0 Å². The molecule has 0 aliphatic rings. The lowest BCUT2D eigenvalue weighted by atomic mass is 10.0. The molecule has 0 saturated carbocycles. The van der Waals surface area contributed by atoms with Gasteiger partial charge in [-0.3, -0.25) is 4.98 Å². The van der Waals surface area contributed by atoms with Crippen molar-refractivity contribution in [2.75, 3.05) is 5.43 Å². The van der Waals surface area contributed by atoms with Gasteiger partial charge in [-0.2, -0.15) is 5.10 Å². The molecule has 0 saturated heterocycles. The lowest BCUT2D eigenvalue weighted by molar-refractivity contribution is 0.832. The van der Waals surface area contributed by atoms with Crippen LogP contribution < -0.4 is 5.43 Å². The molecule has 0 unspecified atom stereocenters. The Balaban J connectivity index is 1.52. The SMILES string of the molecule is S=c1[nH]nc(-c2ccncc2)n1NCc1ccc(-c2ccccc2)cc1. The van der Waals surface area contributed by atoms with Crippen LogP contribution in [0.1, 0.15) is 5.56 Å². The first kappa shape index (κ1) is 16.2. The largest absolute Gasteiger partial charge is 0.317 e. The molecule has 0 spiro atoms. The van der Waals surface area contributed by atoms with Crippen molar-refractivity contribution >= 4 is 12.2 Å². The minimum absolute atomic E-state index is 0.526. The molecule has 2 N–H and O–H groups in total. The van der Waals surface area contributed by atoms with E-state index in [0.29, 0.717) is 11.3 Å². The lowest BCUT2D eigenvalue weighted by Crippen LogP contribution is -2.15. The predicted octanol–water partition coefficient (Wildman–Crippen LogP) is 4.41. The highest BCUT2D eigenvalue weighted by molar-refractivity contribution is 7.71. The maximum atomic E-state index is 5.34. The summed E-state index contributed by atoms with van der Waals surface area (Å²) in [5.74, 6) is 0.735. The van der Waals surface area contributed by atoms with E-state index in [9.17, 15) is 0 Å². The zero-order valence-corrected chi connectivity index (χ0v) is 14.8. The van der Waals surface area contributed by atoms with Gasteiger partial charge in [-0.15, -0.1) is 0 Å². The third kappa shape index (κ3) is 3.41. The average molecular weight is 359 g/mol. The summed E-state index contributed by atoms with van der Waals surface area (Å²) in [7, 11) is 0. The highest BCUT2D eigenvalue weighted by atomic mass is 32.1. The number of hydrogen-bond donors (Lipinski definition) is 2. The van der Waals surface area contributed by atoms with Crippen molar-refractivity contribution < 1.29 is 0 Å². The van der Waals surface area contributed by atoms with Gasteiger partial charge in [0.25, 0.3) is 0 Å². The molecule has 5 nitrogen and oxygen atoms in total. The molecule has 0 fully saturated rings. The molecule has 0 aliphatic carbocycles. The second kappa shape index (κ2) is 7.33. The minimum Gasteiger partial charge on any atom is -0.317 e. The van der Waals surface area contributed by atoms with Crippen molar-refractivity contribution in [3.63, 3.8) is 0 Å². The molecule has 0 aliphatic heterocycles. The Kier molecular flexibility index (Phi) is 4.57. The fourth-order valence-corrected chi connectivity index (χ4v) is 2.95. The van der Waals surface area contributed by atoms with Crippen molar-refractivity contribution in [1.29, 1.82) is 0 Å². The molecule has 0 bridgehead atoms. The molecule has 2 aromatic heterocycles. The zero-order chi connectivity index (χ0) is 17.8. The Hall–Kier alpha value is -3.25. The van der Waals surface area contributed by atoms with Crippen LogP contribution in [0.4, 0.5) is 0 Å². The fraction of sp³-hybridized carbons (Fsp3) is 0.0500. The van der Waals surface area contributed by atoms with Gasteiger partial charge >= 0.3 is 0 Å².